The van der Waals surface area contributed by atoms with Gasteiger partial charge in [0.2, 0.25) is 5.91 Å². The Hall–Kier alpha value is -3.32. The summed E-state index contributed by atoms with van der Waals surface area (Å²) in [6, 6.07) is 20.1. The van der Waals surface area contributed by atoms with Crippen LogP contribution >= 0.6 is 0 Å². The van der Waals surface area contributed by atoms with Crippen molar-refractivity contribution in [2.75, 3.05) is 20.3 Å². The summed E-state index contributed by atoms with van der Waals surface area (Å²) in [5, 5.41) is 0. The number of amides is 1. The molecule has 174 valence electrons. The van der Waals surface area contributed by atoms with Crippen LogP contribution < -0.4 is 4.74 Å². The number of likely N-dealkylation sites (N-methyl/N-ethyl adjacent to an activating group) is 1. The van der Waals surface area contributed by atoms with Crippen molar-refractivity contribution in [3.63, 3.8) is 0 Å². The van der Waals surface area contributed by atoms with Crippen molar-refractivity contribution in [1.29, 1.82) is 0 Å². The number of nitrogens with zero attached hydrogens (tertiary/aromatic N) is 1. The third kappa shape index (κ3) is 6.35. The summed E-state index contributed by atoms with van der Waals surface area (Å²) in [5.74, 6) is 0.246. The summed E-state index contributed by atoms with van der Waals surface area (Å²) in [6.45, 7) is 2.24. The molecule has 0 aliphatic rings. The van der Waals surface area contributed by atoms with Gasteiger partial charge in [-0.1, -0.05) is 54.6 Å². The molecule has 1 amide bonds. The average Bonchev–Trinajstić information content (AvgIpc) is 2.82. The SMILES string of the molecule is CCN(Cc1cc(C(F)(F)F)ccc1-c1ccccc1OC)C(=O)COCc1ccccc1. The maximum atomic E-state index is 13.4. The number of hydrogen-bond donors (Lipinski definition) is 0. The zero-order valence-electron chi connectivity index (χ0n) is 18.6. The standard InChI is InChI=1S/C26H26F3NO3/c1-3-30(25(31)18-33-17-19-9-5-4-6-10-19)16-20-15-21(26(27,28)29)13-14-22(20)23-11-7-8-12-24(23)32-2/h4-15H,3,16-18H2,1-2H3. The lowest BCUT2D eigenvalue weighted by atomic mass is 9.96. The molecule has 3 aromatic rings. The smallest absolute Gasteiger partial charge is 0.416 e. The maximum Gasteiger partial charge on any atom is 0.416 e. The highest BCUT2D eigenvalue weighted by atomic mass is 19.4. The van der Waals surface area contributed by atoms with Crippen LogP contribution in [0.4, 0.5) is 13.2 Å². The summed E-state index contributed by atoms with van der Waals surface area (Å²) < 4.78 is 51.2. The summed E-state index contributed by atoms with van der Waals surface area (Å²) in [5.41, 5.74) is 1.79. The topological polar surface area (TPSA) is 38.8 Å². The minimum atomic E-state index is -4.49. The quantitative estimate of drug-likeness (QED) is 0.399. The molecule has 0 atom stereocenters. The molecule has 0 bridgehead atoms. The van der Waals surface area contributed by atoms with Crippen molar-refractivity contribution in [2.24, 2.45) is 0 Å². The van der Waals surface area contributed by atoms with E-state index in [-0.39, 0.29) is 25.7 Å². The molecular weight excluding hydrogens is 431 g/mol. The second-order valence-electron chi connectivity index (χ2n) is 7.46. The second-order valence-corrected chi connectivity index (χ2v) is 7.46. The van der Waals surface area contributed by atoms with Crippen molar-refractivity contribution < 1.29 is 27.4 Å². The van der Waals surface area contributed by atoms with Gasteiger partial charge in [0.1, 0.15) is 12.4 Å². The first-order valence-corrected chi connectivity index (χ1v) is 10.6. The fraction of sp³-hybridized carbons (Fsp3) is 0.269. The highest BCUT2D eigenvalue weighted by Gasteiger charge is 2.31. The molecule has 0 unspecified atom stereocenters. The molecule has 0 heterocycles. The number of benzene rings is 3. The number of ether oxygens (including phenoxy) is 2. The van der Waals surface area contributed by atoms with Crippen LogP contribution in [-0.4, -0.2) is 31.1 Å². The summed E-state index contributed by atoms with van der Waals surface area (Å²) in [4.78, 5) is 14.3. The third-order valence-corrected chi connectivity index (χ3v) is 5.26. The van der Waals surface area contributed by atoms with Gasteiger partial charge in [-0.2, -0.15) is 13.2 Å². The van der Waals surface area contributed by atoms with Crippen molar-refractivity contribution in [3.05, 3.63) is 89.5 Å². The largest absolute Gasteiger partial charge is 0.496 e. The van der Waals surface area contributed by atoms with Gasteiger partial charge < -0.3 is 14.4 Å². The predicted molar refractivity (Wildman–Crippen MR) is 121 cm³/mol. The number of rotatable bonds is 9. The Labute approximate surface area is 191 Å². The number of alkyl halides is 3. The molecule has 33 heavy (non-hydrogen) atoms. The molecule has 0 spiro atoms. The van der Waals surface area contributed by atoms with Crippen molar-refractivity contribution >= 4 is 5.91 Å². The molecule has 0 saturated carbocycles. The van der Waals surface area contributed by atoms with Crippen LogP contribution in [0.1, 0.15) is 23.6 Å². The van der Waals surface area contributed by atoms with E-state index in [0.29, 0.717) is 29.0 Å². The lowest BCUT2D eigenvalue weighted by molar-refractivity contribution is -0.137. The summed E-state index contributed by atoms with van der Waals surface area (Å²) in [6.07, 6.45) is -4.49. The molecule has 3 rings (SSSR count). The van der Waals surface area contributed by atoms with E-state index in [0.717, 1.165) is 17.7 Å². The zero-order valence-corrected chi connectivity index (χ0v) is 18.6. The Bertz CT molecular complexity index is 1070. The molecule has 3 aromatic carbocycles. The number of carbonyl (C=O) groups is 1. The van der Waals surface area contributed by atoms with E-state index in [9.17, 15) is 18.0 Å². The van der Waals surface area contributed by atoms with Gasteiger partial charge in [-0.25, -0.2) is 0 Å². The highest BCUT2D eigenvalue weighted by molar-refractivity contribution is 5.79. The Balaban J connectivity index is 1.84. The predicted octanol–water partition coefficient (Wildman–Crippen LogP) is 5.95. The van der Waals surface area contributed by atoms with Crippen LogP contribution in [0.15, 0.2) is 72.8 Å². The normalized spacial score (nSPS) is 11.3. The fourth-order valence-corrected chi connectivity index (χ4v) is 3.53. The molecule has 0 N–H and O–H groups in total. The van der Waals surface area contributed by atoms with E-state index in [1.807, 2.05) is 30.3 Å². The van der Waals surface area contributed by atoms with Crippen molar-refractivity contribution in [1.82, 2.24) is 4.90 Å². The number of halogens is 3. The van der Waals surface area contributed by atoms with Gasteiger partial charge in [0.15, 0.2) is 0 Å². The Kier molecular flexibility index (Phi) is 8.11. The molecule has 0 aliphatic heterocycles. The molecule has 0 saturated heterocycles. The molecule has 7 heteroatoms. The monoisotopic (exact) mass is 457 g/mol. The first kappa shape index (κ1) is 24.3. The van der Waals surface area contributed by atoms with Crippen LogP contribution in [0.2, 0.25) is 0 Å². The summed E-state index contributed by atoms with van der Waals surface area (Å²) >= 11 is 0. The first-order valence-electron chi connectivity index (χ1n) is 10.6. The van der Waals surface area contributed by atoms with Crippen LogP contribution in [-0.2, 0) is 28.9 Å². The van der Waals surface area contributed by atoms with E-state index in [1.165, 1.54) is 18.1 Å². The number of methoxy groups -OCH3 is 1. The minimum absolute atomic E-state index is 0.0152. The zero-order chi connectivity index (χ0) is 23.8. The number of para-hydroxylation sites is 1. The van der Waals surface area contributed by atoms with E-state index >= 15 is 0 Å². The lowest BCUT2D eigenvalue weighted by Gasteiger charge is -2.24. The molecular formula is C26H26F3NO3. The van der Waals surface area contributed by atoms with E-state index in [2.05, 4.69) is 0 Å². The van der Waals surface area contributed by atoms with E-state index in [1.54, 1.807) is 31.2 Å². The van der Waals surface area contributed by atoms with Crippen molar-refractivity contribution in [3.8, 4) is 16.9 Å². The third-order valence-electron chi connectivity index (χ3n) is 5.26. The number of hydrogen-bond acceptors (Lipinski definition) is 3. The molecule has 0 fully saturated rings. The van der Waals surface area contributed by atoms with Gasteiger partial charge in [0, 0.05) is 18.7 Å². The van der Waals surface area contributed by atoms with Gasteiger partial charge in [0.05, 0.1) is 19.3 Å². The lowest BCUT2D eigenvalue weighted by Crippen LogP contribution is -2.33. The van der Waals surface area contributed by atoms with Gasteiger partial charge in [-0.3, -0.25) is 4.79 Å². The van der Waals surface area contributed by atoms with Crippen LogP contribution in [0.5, 0.6) is 5.75 Å². The van der Waals surface area contributed by atoms with Gasteiger partial charge in [-0.15, -0.1) is 0 Å². The van der Waals surface area contributed by atoms with Crippen LogP contribution in [0, 0.1) is 0 Å². The minimum Gasteiger partial charge on any atom is -0.496 e. The Morgan fingerprint density at radius 3 is 2.30 bits per heavy atom. The highest BCUT2D eigenvalue weighted by Crippen LogP contribution is 2.37. The van der Waals surface area contributed by atoms with Gasteiger partial charge in [-0.05, 0) is 41.8 Å². The van der Waals surface area contributed by atoms with E-state index < -0.39 is 11.7 Å². The van der Waals surface area contributed by atoms with Crippen LogP contribution in [0.25, 0.3) is 11.1 Å². The van der Waals surface area contributed by atoms with Gasteiger partial charge in [0.25, 0.3) is 0 Å². The average molecular weight is 457 g/mol. The summed E-state index contributed by atoms with van der Waals surface area (Å²) in [7, 11) is 1.51. The fourth-order valence-electron chi connectivity index (χ4n) is 3.53. The van der Waals surface area contributed by atoms with Crippen molar-refractivity contribution in [2.45, 2.75) is 26.3 Å². The Morgan fingerprint density at radius 1 is 0.939 bits per heavy atom. The molecule has 0 radical (unpaired) electrons. The maximum absolute atomic E-state index is 13.4. The Morgan fingerprint density at radius 2 is 1.64 bits per heavy atom. The van der Waals surface area contributed by atoms with E-state index in [4.69, 9.17) is 9.47 Å². The molecule has 0 aliphatic carbocycles. The first-order chi connectivity index (χ1) is 15.8. The van der Waals surface area contributed by atoms with Crippen LogP contribution in [0.3, 0.4) is 0 Å². The molecule has 0 aromatic heterocycles. The number of carbonyl (C=O) groups excluding carboxylic acids is 1. The second kappa shape index (κ2) is 11.0. The molecule has 4 nitrogen and oxygen atoms in total. The van der Waals surface area contributed by atoms with Gasteiger partial charge >= 0.3 is 6.18 Å².